The fraction of sp³-hybridized carbons (Fsp3) is 0.571. The first-order valence-corrected chi connectivity index (χ1v) is 6.71. The van der Waals surface area contributed by atoms with Crippen molar-refractivity contribution in [3.05, 3.63) is 28.3 Å². The van der Waals surface area contributed by atoms with Crippen molar-refractivity contribution in [1.29, 1.82) is 0 Å². The Hall–Kier alpha value is -1.78. The minimum Gasteiger partial charge on any atom is -0.495 e. The summed E-state index contributed by atoms with van der Waals surface area (Å²) in [7, 11) is 1.58. The molecule has 5 heteroatoms. The van der Waals surface area contributed by atoms with Gasteiger partial charge in [0, 0.05) is 18.2 Å². The van der Waals surface area contributed by atoms with Crippen LogP contribution in [-0.2, 0) is 0 Å². The highest BCUT2D eigenvalue weighted by Crippen LogP contribution is 2.33. The molecule has 19 heavy (non-hydrogen) atoms. The van der Waals surface area contributed by atoms with Crippen LogP contribution in [-0.4, -0.2) is 18.1 Å². The van der Waals surface area contributed by atoms with Gasteiger partial charge in [-0.1, -0.05) is 19.8 Å². The maximum absolute atomic E-state index is 10.8. The number of non-ortho nitro benzene ring substituents is 1. The fourth-order valence-electron chi connectivity index (χ4n) is 2.65. The summed E-state index contributed by atoms with van der Waals surface area (Å²) < 4.78 is 5.27. The van der Waals surface area contributed by atoms with Crippen molar-refractivity contribution in [1.82, 2.24) is 0 Å². The number of nitro benzene ring substituents is 1. The lowest BCUT2D eigenvalue weighted by Crippen LogP contribution is -2.30. The van der Waals surface area contributed by atoms with Gasteiger partial charge >= 0.3 is 0 Å². The number of nitrogens with one attached hydrogen (secondary N) is 1. The van der Waals surface area contributed by atoms with E-state index in [2.05, 4.69) is 12.2 Å². The molecular formula is C14H20N2O3. The van der Waals surface area contributed by atoms with Gasteiger partial charge in [0.05, 0.1) is 17.7 Å². The molecule has 0 bridgehead atoms. The van der Waals surface area contributed by atoms with Crippen molar-refractivity contribution in [3.8, 4) is 5.75 Å². The molecule has 0 radical (unpaired) electrons. The summed E-state index contributed by atoms with van der Waals surface area (Å²) >= 11 is 0. The summed E-state index contributed by atoms with van der Waals surface area (Å²) in [6.45, 7) is 2.22. The smallest absolute Gasteiger partial charge is 0.271 e. The van der Waals surface area contributed by atoms with Crippen LogP contribution in [0, 0.1) is 16.0 Å². The van der Waals surface area contributed by atoms with E-state index in [0.29, 0.717) is 17.7 Å². The molecule has 1 aliphatic rings. The van der Waals surface area contributed by atoms with E-state index in [4.69, 9.17) is 4.74 Å². The summed E-state index contributed by atoms with van der Waals surface area (Å²) in [4.78, 5) is 10.5. The first kappa shape index (κ1) is 13.6. The molecule has 0 aliphatic heterocycles. The maximum atomic E-state index is 10.8. The zero-order valence-corrected chi connectivity index (χ0v) is 11.4. The van der Waals surface area contributed by atoms with Crippen LogP contribution in [0.2, 0.25) is 0 Å². The zero-order valence-electron chi connectivity index (χ0n) is 11.4. The molecule has 1 aromatic rings. The lowest BCUT2D eigenvalue weighted by atomic mass is 9.86. The lowest BCUT2D eigenvalue weighted by Gasteiger charge is -2.30. The number of rotatable bonds is 4. The number of ether oxygens (including phenoxy) is 1. The summed E-state index contributed by atoms with van der Waals surface area (Å²) in [5, 5.41) is 14.3. The van der Waals surface area contributed by atoms with Crippen molar-refractivity contribution in [3.63, 3.8) is 0 Å². The molecule has 2 rings (SSSR count). The van der Waals surface area contributed by atoms with Crippen LogP contribution in [0.1, 0.15) is 32.6 Å². The van der Waals surface area contributed by atoms with Crippen LogP contribution >= 0.6 is 0 Å². The van der Waals surface area contributed by atoms with E-state index >= 15 is 0 Å². The van der Waals surface area contributed by atoms with E-state index in [1.165, 1.54) is 25.3 Å². The normalized spacial score (nSPS) is 22.8. The first-order chi connectivity index (χ1) is 9.11. The number of nitrogens with zero attached hydrogens (tertiary/aromatic N) is 1. The molecule has 0 saturated heterocycles. The lowest BCUT2D eigenvalue weighted by molar-refractivity contribution is -0.384. The molecule has 0 aromatic heterocycles. The minimum atomic E-state index is -0.380. The summed E-state index contributed by atoms with van der Waals surface area (Å²) in [6, 6.07) is 5.03. The van der Waals surface area contributed by atoms with Crippen molar-refractivity contribution >= 4 is 11.4 Å². The Morgan fingerprint density at radius 3 is 2.74 bits per heavy atom. The van der Waals surface area contributed by atoms with Gasteiger partial charge < -0.3 is 10.1 Å². The van der Waals surface area contributed by atoms with E-state index in [9.17, 15) is 10.1 Å². The Balaban J connectivity index is 2.21. The Bertz CT molecular complexity index is 462. The molecule has 104 valence electrons. The molecule has 1 aliphatic carbocycles. The summed E-state index contributed by atoms with van der Waals surface area (Å²) in [5.41, 5.74) is 0.808. The topological polar surface area (TPSA) is 64.4 Å². The molecular weight excluding hydrogens is 244 g/mol. The highest BCUT2D eigenvalue weighted by Gasteiger charge is 2.22. The number of hydrogen-bond acceptors (Lipinski definition) is 4. The Labute approximate surface area is 113 Å². The van der Waals surface area contributed by atoms with Gasteiger partial charge in [-0.2, -0.15) is 0 Å². The minimum absolute atomic E-state index is 0.0896. The van der Waals surface area contributed by atoms with Gasteiger partial charge in [-0.3, -0.25) is 10.1 Å². The zero-order chi connectivity index (χ0) is 13.8. The van der Waals surface area contributed by atoms with Gasteiger partial charge in [0.25, 0.3) is 5.69 Å². The molecule has 1 aromatic carbocycles. The SMILES string of the molecule is COc1ccc([N+](=O)[O-])cc1N[C@@H]1CCCC[C@@H]1C. The molecule has 1 fully saturated rings. The van der Waals surface area contributed by atoms with E-state index in [1.807, 2.05) is 0 Å². The van der Waals surface area contributed by atoms with Gasteiger partial charge in [-0.25, -0.2) is 0 Å². The molecule has 0 amide bonds. The highest BCUT2D eigenvalue weighted by atomic mass is 16.6. The predicted octanol–water partition coefficient (Wildman–Crippen LogP) is 3.59. The third-order valence-corrected chi connectivity index (χ3v) is 3.85. The standard InChI is InChI=1S/C14H20N2O3/c1-10-5-3-4-6-12(10)15-13-9-11(16(17)18)7-8-14(13)19-2/h7-10,12,15H,3-6H2,1-2H3/t10-,12+/m0/s1. The Morgan fingerprint density at radius 1 is 1.37 bits per heavy atom. The third-order valence-electron chi connectivity index (χ3n) is 3.85. The van der Waals surface area contributed by atoms with Crippen LogP contribution in [0.3, 0.4) is 0 Å². The second-order valence-corrected chi connectivity index (χ2v) is 5.15. The Morgan fingerprint density at radius 2 is 2.11 bits per heavy atom. The van der Waals surface area contributed by atoms with E-state index in [0.717, 1.165) is 12.1 Å². The van der Waals surface area contributed by atoms with Gasteiger partial charge in [0.2, 0.25) is 0 Å². The van der Waals surface area contributed by atoms with Crippen molar-refractivity contribution in [2.75, 3.05) is 12.4 Å². The van der Waals surface area contributed by atoms with E-state index < -0.39 is 0 Å². The molecule has 0 spiro atoms. The highest BCUT2D eigenvalue weighted by molar-refractivity contribution is 5.62. The number of anilines is 1. The van der Waals surface area contributed by atoms with Gasteiger partial charge in [0.15, 0.2) is 0 Å². The van der Waals surface area contributed by atoms with Crippen LogP contribution in [0.5, 0.6) is 5.75 Å². The Kier molecular flexibility index (Phi) is 4.24. The first-order valence-electron chi connectivity index (χ1n) is 6.71. The number of hydrogen-bond donors (Lipinski definition) is 1. The second-order valence-electron chi connectivity index (χ2n) is 5.15. The molecule has 0 unspecified atom stereocenters. The monoisotopic (exact) mass is 264 g/mol. The van der Waals surface area contributed by atoms with Crippen molar-refractivity contribution < 1.29 is 9.66 Å². The number of benzene rings is 1. The van der Waals surface area contributed by atoms with Crippen LogP contribution in [0.15, 0.2) is 18.2 Å². The summed E-state index contributed by atoms with van der Waals surface area (Å²) in [5.74, 6) is 1.24. The maximum Gasteiger partial charge on any atom is 0.271 e. The quantitative estimate of drug-likeness (QED) is 0.666. The van der Waals surface area contributed by atoms with Crippen LogP contribution in [0.25, 0.3) is 0 Å². The second kappa shape index (κ2) is 5.91. The average Bonchev–Trinajstić information content (AvgIpc) is 2.41. The summed E-state index contributed by atoms with van der Waals surface area (Å²) in [6.07, 6.45) is 4.78. The molecule has 0 heterocycles. The molecule has 1 N–H and O–H groups in total. The molecule has 1 saturated carbocycles. The van der Waals surface area contributed by atoms with E-state index in [-0.39, 0.29) is 10.6 Å². The van der Waals surface area contributed by atoms with Gasteiger partial charge in [-0.15, -0.1) is 0 Å². The number of nitro groups is 1. The number of methoxy groups -OCH3 is 1. The predicted molar refractivity (Wildman–Crippen MR) is 74.7 cm³/mol. The van der Waals surface area contributed by atoms with Crippen LogP contribution < -0.4 is 10.1 Å². The molecule has 2 atom stereocenters. The van der Waals surface area contributed by atoms with Crippen LogP contribution in [0.4, 0.5) is 11.4 Å². The average molecular weight is 264 g/mol. The van der Waals surface area contributed by atoms with Crippen molar-refractivity contribution in [2.24, 2.45) is 5.92 Å². The van der Waals surface area contributed by atoms with Gasteiger partial charge in [0.1, 0.15) is 5.75 Å². The largest absolute Gasteiger partial charge is 0.495 e. The van der Waals surface area contributed by atoms with E-state index in [1.54, 1.807) is 19.2 Å². The fourth-order valence-corrected chi connectivity index (χ4v) is 2.65. The van der Waals surface area contributed by atoms with Crippen molar-refractivity contribution in [2.45, 2.75) is 38.6 Å². The third kappa shape index (κ3) is 3.16. The molecule has 5 nitrogen and oxygen atoms in total. The van der Waals surface area contributed by atoms with Gasteiger partial charge in [-0.05, 0) is 24.8 Å².